The molecule has 4 rings (SSSR count). The van der Waals surface area contributed by atoms with Crippen molar-refractivity contribution >= 4 is 49.7 Å². The second kappa shape index (κ2) is 9.25. The Morgan fingerprint density at radius 3 is 2.30 bits per heavy atom. The van der Waals surface area contributed by atoms with Crippen molar-refractivity contribution in [3.8, 4) is 0 Å². The number of anilines is 2. The summed E-state index contributed by atoms with van der Waals surface area (Å²) in [5, 5.41) is 5.17. The van der Waals surface area contributed by atoms with Crippen LogP contribution >= 0.6 is 11.6 Å². The van der Waals surface area contributed by atoms with Crippen molar-refractivity contribution in [2.75, 3.05) is 16.2 Å². The summed E-state index contributed by atoms with van der Waals surface area (Å²) in [6.45, 7) is 3.48. The third kappa shape index (κ3) is 4.87. The van der Waals surface area contributed by atoms with E-state index in [0.717, 1.165) is 26.2 Å². The maximum atomic E-state index is 13.5. The number of aryl methyl sites for hydroxylation is 2. The van der Waals surface area contributed by atoms with E-state index in [-0.39, 0.29) is 11.4 Å². The zero-order valence-electron chi connectivity index (χ0n) is 18.2. The van der Waals surface area contributed by atoms with Crippen LogP contribution in [-0.2, 0) is 14.8 Å². The summed E-state index contributed by atoms with van der Waals surface area (Å²) >= 11 is 5.95. The largest absolute Gasteiger partial charge is 0.324 e. The summed E-state index contributed by atoms with van der Waals surface area (Å²) in [4.78, 5) is 13.1. The van der Waals surface area contributed by atoms with E-state index in [0.29, 0.717) is 16.4 Å². The van der Waals surface area contributed by atoms with Crippen molar-refractivity contribution < 1.29 is 13.2 Å². The molecule has 0 heterocycles. The van der Waals surface area contributed by atoms with E-state index < -0.39 is 15.9 Å². The molecule has 0 spiro atoms. The molecule has 0 bridgehead atoms. The van der Waals surface area contributed by atoms with Crippen molar-refractivity contribution in [2.24, 2.45) is 0 Å². The molecule has 0 aliphatic rings. The molecule has 7 heteroatoms. The number of benzene rings is 4. The van der Waals surface area contributed by atoms with Crippen molar-refractivity contribution in [2.45, 2.75) is 18.7 Å². The van der Waals surface area contributed by atoms with Crippen LogP contribution in [-0.4, -0.2) is 20.9 Å². The molecule has 0 aromatic heterocycles. The van der Waals surface area contributed by atoms with Crippen LogP contribution in [0, 0.1) is 13.8 Å². The Labute approximate surface area is 198 Å². The first kappa shape index (κ1) is 22.8. The van der Waals surface area contributed by atoms with Gasteiger partial charge in [-0.3, -0.25) is 9.10 Å². The SMILES string of the molecule is Cc1ccc(N(CC(=O)Nc2cccc3ccccc23)S(=O)(=O)c2ccc(Cl)cc2)cc1C. The van der Waals surface area contributed by atoms with E-state index in [1.54, 1.807) is 18.2 Å². The molecule has 0 saturated heterocycles. The summed E-state index contributed by atoms with van der Waals surface area (Å²) in [7, 11) is -4.02. The maximum absolute atomic E-state index is 13.5. The van der Waals surface area contributed by atoms with Gasteiger partial charge in [-0.2, -0.15) is 0 Å². The van der Waals surface area contributed by atoms with Gasteiger partial charge in [0, 0.05) is 16.1 Å². The van der Waals surface area contributed by atoms with Gasteiger partial charge >= 0.3 is 0 Å². The quantitative estimate of drug-likeness (QED) is 0.372. The lowest BCUT2D eigenvalue weighted by atomic mass is 10.1. The molecule has 0 fully saturated rings. The van der Waals surface area contributed by atoms with Crippen LogP contribution in [0.4, 0.5) is 11.4 Å². The molecule has 0 aliphatic carbocycles. The molecule has 0 unspecified atom stereocenters. The Kier molecular flexibility index (Phi) is 6.40. The Morgan fingerprint density at radius 1 is 0.879 bits per heavy atom. The highest BCUT2D eigenvalue weighted by Crippen LogP contribution is 2.27. The Balaban J connectivity index is 1.70. The number of halogens is 1. The minimum absolute atomic E-state index is 0.0584. The second-order valence-electron chi connectivity index (χ2n) is 7.81. The van der Waals surface area contributed by atoms with E-state index in [9.17, 15) is 13.2 Å². The molecular formula is C26H23ClN2O3S. The average Bonchev–Trinajstić information content (AvgIpc) is 2.80. The normalized spacial score (nSPS) is 11.4. The van der Waals surface area contributed by atoms with Gasteiger partial charge in [-0.15, -0.1) is 0 Å². The van der Waals surface area contributed by atoms with Gasteiger partial charge in [-0.1, -0.05) is 54.1 Å². The van der Waals surface area contributed by atoms with Crippen molar-refractivity contribution in [1.82, 2.24) is 0 Å². The average molecular weight is 479 g/mol. The number of sulfonamides is 1. The molecule has 33 heavy (non-hydrogen) atoms. The third-order valence-corrected chi connectivity index (χ3v) is 7.57. The van der Waals surface area contributed by atoms with Crippen LogP contribution in [0.1, 0.15) is 11.1 Å². The Bertz CT molecular complexity index is 1430. The summed E-state index contributed by atoms with van der Waals surface area (Å²) in [5.41, 5.74) is 3.00. The lowest BCUT2D eigenvalue weighted by Gasteiger charge is -2.25. The van der Waals surface area contributed by atoms with Crippen LogP contribution in [0.25, 0.3) is 10.8 Å². The molecular weight excluding hydrogens is 456 g/mol. The molecule has 1 N–H and O–H groups in total. The number of carbonyl (C=O) groups is 1. The van der Waals surface area contributed by atoms with E-state index in [2.05, 4.69) is 5.32 Å². The molecule has 4 aromatic carbocycles. The number of amides is 1. The zero-order valence-corrected chi connectivity index (χ0v) is 19.8. The monoisotopic (exact) mass is 478 g/mol. The first-order valence-electron chi connectivity index (χ1n) is 10.4. The summed E-state index contributed by atoms with van der Waals surface area (Å²) < 4.78 is 28.2. The van der Waals surface area contributed by atoms with E-state index in [1.165, 1.54) is 24.3 Å². The van der Waals surface area contributed by atoms with Crippen LogP contribution in [0.2, 0.25) is 5.02 Å². The van der Waals surface area contributed by atoms with Gasteiger partial charge in [0.25, 0.3) is 10.0 Å². The predicted octanol–water partition coefficient (Wildman–Crippen LogP) is 5.94. The lowest BCUT2D eigenvalue weighted by Crippen LogP contribution is -2.38. The number of carbonyl (C=O) groups excluding carboxylic acids is 1. The van der Waals surface area contributed by atoms with Crippen molar-refractivity contribution in [1.29, 1.82) is 0 Å². The molecule has 0 atom stereocenters. The van der Waals surface area contributed by atoms with E-state index in [4.69, 9.17) is 11.6 Å². The van der Waals surface area contributed by atoms with Crippen LogP contribution in [0.3, 0.4) is 0 Å². The molecule has 5 nitrogen and oxygen atoms in total. The molecule has 0 saturated carbocycles. The van der Waals surface area contributed by atoms with Gasteiger partial charge in [0.15, 0.2) is 0 Å². The molecule has 0 aliphatic heterocycles. The maximum Gasteiger partial charge on any atom is 0.264 e. The zero-order chi connectivity index (χ0) is 23.6. The van der Waals surface area contributed by atoms with Gasteiger partial charge in [0.05, 0.1) is 10.6 Å². The van der Waals surface area contributed by atoms with Gasteiger partial charge < -0.3 is 5.32 Å². The number of fused-ring (bicyclic) bond motifs is 1. The lowest BCUT2D eigenvalue weighted by molar-refractivity contribution is -0.114. The van der Waals surface area contributed by atoms with Crippen molar-refractivity contribution in [3.63, 3.8) is 0 Å². The minimum atomic E-state index is -4.02. The van der Waals surface area contributed by atoms with Crippen LogP contribution in [0.15, 0.2) is 89.8 Å². The predicted molar refractivity (Wildman–Crippen MR) is 134 cm³/mol. The van der Waals surface area contributed by atoms with Gasteiger partial charge in [0.2, 0.25) is 5.91 Å². The highest BCUT2D eigenvalue weighted by atomic mass is 35.5. The summed E-state index contributed by atoms with van der Waals surface area (Å²) in [6, 6.07) is 24.5. The van der Waals surface area contributed by atoms with Gasteiger partial charge in [0.1, 0.15) is 6.54 Å². The molecule has 4 aromatic rings. The van der Waals surface area contributed by atoms with Crippen LogP contribution < -0.4 is 9.62 Å². The molecule has 1 amide bonds. The summed E-state index contributed by atoms with van der Waals surface area (Å²) in [5.74, 6) is -0.442. The molecule has 0 radical (unpaired) electrons. The van der Waals surface area contributed by atoms with Gasteiger partial charge in [-0.25, -0.2) is 8.42 Å². The number of nitrogens with zero attached hydrogens (tertiary/aromatic N) is 1. The summed E-state index contributed by atoms with van der Waals surface area (Å²) in [6.07, 6.45) is 0. The fraction of sp³-hybridized carbons (Fsp3) is 0.115. The first-order valence-corrected chi connectivity index (χ1v) is 12.2. The second-order valence-corrected chi connectivity index (χ2v) is 10.1. The smallest absolute Gasteiger partial charge is 0.264 e. The topological polar surface area (TPSA) is 66.5 Å². The van der Waals surface area contributed by atoms with Crippen LogP contribution in [0.5, 0.6) is 0 Å². The third-order valence-electron chi connectivity index (χ3n) is 5.53. The standard InChI is InChI=1S/C26H23ClN2O3S/c1-18-10-13-22(16-19(18)2)29(33(31,32)23-14-11-21(27)12-15-23)17-26(30)28-25-9-5-7-20-6-3-4-8-24(20)25/h3-16H,17H2,1-2H3,(H,28,30). The highest BCUT2D eigenvalue weighted by Gasteiger charge is 2.27. The highest BCUT2D eigenvalue weighted by molar-refractivity contribution is 7.92. The fourth-order valence-electron chi connectivity index (χ4n) is 3.58. The Hall–Kier alpha value is -3.35. The number of hydrogen-bond acceptors (Lipinski definition) is 3. The number of nitrogens with one attached hydrogen (secondary N) is 1. The Morgan fingerprint density at radius 2 is 1.58 bits per heavy atom. The van der Waals surface area contributed by atoms with E-state index in [1.807, 2.05) is 56.3 Å². The fourth-order valence-corrected chi connectivity index (χ4v) is 5.12. The van der Waals surface area contributed by atoms with Gasteiger partial charge in [-0.05, 0) is 72.8 Å². The molecule has 168 valence electrons. The van der Waals surface area contributed by atoms with Crippen molar-refractivity contribution in [3.05, 3.63) is 101 Å². The number of rotatable bonds is 6. The number of hydrogen-bond donors (Lipinski definition) is 1. The first-order chi connectivity index (χ1) is 15.8. The van der Waals surface area contributed by atoms with E-state index >= 15 is 0 Å². The minimum Gasteiger partial charge on any atom is -0.324 e.